The van der Waals surface area contributed by atoms with Gasteiger partial charge in [0.25, 0.3) is 0 Å². The molecule has 3 nitrogen and oxygen atoms in total. The molecule has 0 bridgehead atoms. The summed E-state index contributed by atoms with van der Waals surface area (Å²) >= 11 is 0. The van der Waals surface area contributed by atoms with E-state index in [1.54, 1.807) is 37.4 Å². The summed E-state index contributed by atoms with van der Waals surface area (Å²) in [5.74, 6) is 1.27. The number of nitrogens with two attached hydrogens (primary N) is 1. The van der Waals surface area contributed by atoms with Crippen LogP contribution < -0.4 is 15.2 Å². The molecule has 0 radical (unpaired) electrons. The van der Waals surface area contributed by atoms with Crippen molar-refractivity contribution in [1.29, 1.82) is 0 Å². The van der Waals surface area contributed by atoms with E-state index in [1.165, 1.54) is 12.1 Å². The fourth-order valence-electron chi connectivity index (χ4n) is 1.42. The molecule has 0 aromatic heterocycles. The van der Waals surface area contributed by atoms with Crippen LogP contribution in [0.15, 0.2) is 42.5 Å². The molecule has 2 rings (SSSR count). The number of methoxy groups -OCH3 is 1. The highest BCUT2D eigenvalue weighted by Crippen LogP contribution is 2.25. The molecule has 4 heteroatoms. The van der Waals surface area contributed by atoms with Gasteiger partial charge in [0.2, 0.25) is 0 Å². The summed E-state index contributed by atoms with van der Waals surface area (Å²) in [6.45, 7) is 0. The zero-order chi connectivity index (χ0) is 12.3. The van der Waals surface area contributed by atoms with Gasteiger partial charge in [-0.3, -0.25) is 0 Å². The normalized spacial score (nSPS) is 10.0. The van der Waals surface area contributed by atoms with Gasteiger partial charge in [0.05, 0.1) is 7.11 Å². The number of benzene rings is 2. The van der Waals surface area contributed by atoms with E-state index < -0.39 is 5.82 Å². The lowest BCUT2D eigenvalue weighted by Crippen LogP contribution is -1.90. The van der Waals surface area contributed by atoms with Crippen molar-refractivity contribution < 1.29 is 13.9 Å². The molecule has 0 aliphatic rings. The molecule has 0 aliphatic heterocycles. The highest BCUT2D eigenvalue weighted by molar-refractivity contribution is 5.46. The van der Waals surface area contributed by atoms with E-state index in [0.29, 0.717) is 17.2 Å². The molecule has 2 aromatic rings. The van der Waals surface area contributed by atoms with Crippen LogP contribution in [0.1, 0.15) is 0 Å². The molecule has 0 fully saturated rings. The third-order valence-corrected chi connectivity index (χ3v) is 2.19. The van der Waals surface area contributed by atoms with Crippen LogP contribution in [0, 0.1) is 5.82 Å². The van der Waals surface area contributed by atoms with E-state index in [0.717, 1.165) is 5.75 Å². The smallest absolute Gasteiger partial charge is 0.132 e. The number of halogens is 1. The highest BCUT2D eigenvalue weighted by atomic mass is 19.1. The first-order valence-corrected chi connectivity index (χ1v) is 5.05. The first kappa shape index (κ1) is 11.3. The van der Waals surface area contributed by atoms with Gasteiger partial charge >= 0.3 is 0 Å². The van der Waals surface area contributed by atoms with Gasteiger partial charge in [-0.15, -0.1) is 0 Å². The average Bonchev–Trinajstić information content (AvgIpc) is 2.28. The van der Waals surface area contributed by atoms with E-state index in [-0.39, 0.29) is 0 Å². The molecular formula is C13H12FNO2. The van der Waals surface area contributed by atoms with Crippen molar-refractivity contribution in [1.82, 2.24) is 0 Å². The third-order valence-electron chi connectivity index (χ3n) is 2.19. The molecule has 0 saturated carbocycles. The average molecular weight is 233 g/mol. The fraction of sp³-hybridized carbons (Fsp3) is 0.0769. The topological polar surface area (TPSA) is 44.5 Å². The predicted molar refractivity (Wildman–Crippen MR) is 63.9 cm³/mol. The van der Waals surface area contributed by atoms with E-state index in [9.17, 15) is 4.39 Å². The summed E-state index contributed by atoms with van der Waals surface area (Å²) in [7, 11) is 1.59. The Labute approximate surface area is 98.6 Å². The van der Waals surface area contributed by atoms with Crippen LogP contribution in [0.2, 0.25) is 0 Å². The summed E-state index contributed by atoms with van der Waals surface area (Å²) < 4.78 is 23.6. The van der Waals surface area contributed by atoms with Crippen LogP contribution >= 0.6 is 0 Å². The van der Waals surface area contributed by atoms with Crippen LogP contribution in [-0.4, -0.2) is 7.11 Å². The van der Waals surface area contributed by atoms with Crippen LogP contribution in [-0.2, 0) is 0 Å². The Hall–Kier alpha value is -2.23. The van der Waals surface area contributed by atoms with Crippen molar-refractivity contribution in [3.05, 3.63) is 48.3 Å². The molecule has 0 atom stereocenters. The lowest BCUT2D eigenvalue weighted by atomic mass is 10.3. The maximum Gasteiger partial charge on any atom is 0.132 e. The van der Waals surface area contributed by atoms with Crippen molar-refractivity contribution in [2.45, 2.75) is 0 Å². The number of rotatable bonds is 3. The van der Waals surface area contributed by atoms with Crippen molar-refractivity contribution in [2.24, 2.45) is 0 Å². The summed E-state index contributed by atoms with van der Waals surface area (Å²) in [5.41, 5.74) is 5.85. The van der Waals surface area contributed by atoms with E-state index in [2.05, 4.69) is 0 Å². The Balaban J connectivity index is 2.19. The Morgan fingerprint density at radius 2 is 1.59 bits per heavy atom. The number of anilines is 1. The van der Waals surface area contributed by atoms with Gasteiger partial charge in [0.15, 0.2) is 0 Å². The van der Waals surface area contributed by atoms with E-state index in [4.69, 9.17) is 15.2 Å². The molecule has 0 saturated heterocycles. The summed E-state index contributed by atoms with van der Waals surface area (Å²) in [5, 5.41) is 0. The summed E-state index contributed by atoms with van der Waals surface area (Å²) in [4.78, 5) is 0. The van der Waals surface area contributed by atoms with Gasteiger partial charge in [-0.05, 0) is 30.3 Å². The molecule has 0 heterocycles. The van der Waals surface area contributed by atoms with Crippen LogP contribution in [0.4, 0.5) is 10.1 Å². The molecule has 0 aliphatic carbocycles. The lowest BCUT2D eigenvalue weighted by Gasteiger charge is -2.07. The van der Waals surface area contributed by atoms with Gasteiger partial charge in [-0.1, -0.05) is 0 Å². The number of nitrogen functional groups attached to an aromatic ring is 1. The van der Waals surface area contributed by atoms with Gasteiger partial charge in [0, 0.05) is 17.8 Å². The summed E-state index contributed by atoms with van der Waals surface area (Å²) in [6, 6.07) is 11.1. The molecule has 0 spiro atoms. The second-order valence-electron chi connectivity index (χ2n) is 3.50. The first-order chi connectivity index (χ1) is 8.17. The van der Waals surface area contributed by atoms with Gasteiger partial charge in [-0.2, -0.15) is 0 Å². The van der Waals surface area contributed by atoms with Crippen molar-refractivity contribution in [3.63, 3.8) is 0 Å². The second-order valence-corrected chi connectivity index (χ2v) is 3.50. The number of hydrogen-bond donors (Lipinski definition) is 1. The Kier molecular flexibility index (Phi) is 3.14. The van der Waals surface area contributed by atoms with Gasteiger partial charge in [-0.25, -0.2) is 4.39 Å². The molecule has 2 N–H and O–H groups in total. The maximum atomic E-state index is 13.1. The SMILES string of the molecule is COc1ccc(Oc2cc(N)cc(F)c2)cc1. The Morgan fingerprint density at radius 1 is 0.941 bits per heavy atom. The standard InChI is InChI=1S/C13H12FNO2/c1-16-11-2-4-12(5-3-11)17-13-7-9(14)6-10(15)8-13/h2-8H,15H2,1H3. The van der Waals surface area contributed by atoms with Crippen LogP contribution in [0.3, 0.4) is 0 Å². The van der Waals surface area contributed by atoms with E-state index in [1.807, 2.05) is 0 Å². The maximum absolute atomic E-state index is 13.1. The molecule has 17 heavy (non-hydrogen) atoms. The van der Waals surface area contributed by atoms with Crippen molar-refractivity contribution in [3.8, 4) is 17.2 Å². The lowest BCUT2D eigenvalue weighted by molar-refractivity contribution is 0.412. The van der Waals surface area contributed by atoms with Crippen LogP contribution in [0.25, 0.3) is 0 Å². The zero-order valence-corrected chi connectivity index (χ0v) is 9.31. The number of hydrogen-bond acceptors (Lipinski definition) is 3. The predicted octanol–water partition coefficient (Wildman–Crippen LogP) is 3.21. The summed E-state index contributed by atoms with van der Waals surface area (Å²) in [6.07, 6.45) is 0. The minimum absolute atomic E-state index is 0.327. The highest BCUT2D eigenvalue weighted by Gasteiger charge is 2.01. The minimum Gasteiger partial charge on any atom is -0.497 e. The largest absolute Gasteiger partial charge is 0.497 e. The quantitative estimate of drug-likeness (QED) is 0.828. The van der Waals surface area contributed by atoms with Gasteiger partial charge in [0.1, 0.15) is 23.1 Å². The molecule has 88 valence electrons. The van der Waals surface area contributed by atoms with Gasteiger partial charge < -0.3 is 15.2 Å². The second kappa shape index (κ2) is 4.74. The van der Waals surface area contributed by atoms with Crippen molar-refractivity contribution >= 4 is 5.69 Å². The Bertz CT molecular complexity index is 491. The van der Waals surface area contributed by atoms with Crippen LogP contribution in [0.5, 0.6) is 17.2 Å². The van der Waals surface area contributed by atoms with E-state index >= 15 is 0 Å². The molecule has 0 unspecified atom stereocenters. The fourth-order valence-corrected chi connectivity index (χ4v) is 1.42. The molecule has 2 aromatic carbocycles. The Morgan fingerprint density at radius 3 is 2.18 bits per heavy atom. The number of ether oxygens (including phenoxy) is 2. The monoisotopic (exact) mass is 233 g/mol. The molecule has 0 amide bonds. The zero-order valence-electron chi connectivity index (χ0n) is 9.31. The molecular weight excluding hydrogens is 221 g/mol. The minimum atomic E-state index is -0.423. The third kappa shape index (κ3) is 2.87. The first-order valence-electron chi connectivity index (χ1n) is 5.05. The van der Waals surface area contributed by atoms with Crippen molar-refractivity contribution in [2.75, 3.05) is 12.8 Å².